The van der Waals surface area contributed by atoms with E-state index < -0.39 is 0 Å². The molecule has 0 aliphatic heterocycles. The molecule has 0 radical (unpaired) electrons. The second-order valence-corrected chi connectivity index (χ2v) is 1.73. The van der Waals surface area contributed by atoms with Crippen molar-refractivity contribution in [1.29, 1.82) is 0 Å². The van der Waals surface area contributed by atoms with E-state index in [-0.39, 0.29) is 5.48 Å². The lowest BCUT2D eigenvalue weighted by Gasteiger charge is -2.10. The van der Waals surface area contributed by atoms with Crippen molar-refractivity contribution in [2.45, 2.75) is 0 Å². The van der Waals surface area contributed by atoms with Crippen molar-refractivity contribution in [1.82, 2.24) is 10.3 Å². The summed E-state index contributed by atoms with van der Waals surface area (Å²) in [5.74, 6) is 4.94. The van der Waals surface area contributed by atoms with E-state index in [9.17, 15) is 0 Å². The Bertz CT molecular complexity index is 74.9. The third-order valence-electron chi connectivity index (χ3n) is 0.530. The van der Waals surface area contributed by atoms with Crippen LogP contribution >= 0.6 is 12.2 Å². The molecule has 8 heavy (non-hydrogen) atoms. The number of hydrogen-bond donors (Lipinski definition) is 2. The van der Waals surface area contributed by atoms with Gasteiger partial charge in [-0.1, -0.05) is 0 Å². The first kappa shape index (κ1) is 10.6. The minimum absolute atomic E-state index is 0. The van der Waals surface area contributed by atoms with E-state index in [2.05, 4.69) is 17.6 Å². The monoisotopic (exact) mass is 137 g/mol. The highest BCUT2D eigenvalue weighted by Crippen LogP contribution is 1.71. The van der Waals surface area contributed by atoms with Gasteiger partial charge in [-0.15, -0.1) is 0 Å². The molecule has 0 aliphatic rings. The Labute approximate surface area is 53.9 Å². The van der Waals surface area contributed by atoms with Crippen molar-refractivity contribution in [3.8, 4) is 0 Å². The van der Waals surface area contributed by atoms with Gasteiger partial charge >= 0.3 is 0 Å². The van der Waals surface area contributed by atoms with Crippen molar-refractivity contribution in [2.24, 2.45) is 5.84 Å². The molecule has 0 heterocycles. The van der Waals surface area contributed by atoms with Gasteiger partial charge < -0.3 is 15.8 Å². The van der Waals surface area contributed by atoms with E-state index in [1.54, 1.807) is 4.90 Å². The molecule has 0 aliphatic carbocycles. The molecule has 0 unspecified atom stereocenters. The number of rotatable bonds is 0. The summed E-state index contributed by atoms with van der Waals surface area (Å²) in [6.45, 7) is 0. The average Bonchev–Trinajstić information content (AvgIpc) is 1.65. The Morgan fingerprint density at radius 3 is 2.00 bits per heavy atom. The number of nitrogens with one attached hydrogen (secondary N) is 1. The number of hydrogen-bond acceptors (Lipinski definition) is 2. The lowest BCUT2D eigenvalue weighted by atomic mass is 10.9. The van der Waals surface area contributed by atoms with Gasteiger partial charge in [0.1, 0.15) is 0 Å². The fourth-order valence-electron chi connectivity index (χ4n) is 0.129. The lowest BCUT2D eigenvalue weighted by Crippen LogP contribution is -2.38. The zero-order valence-electron chi connectivity index (χ0n) is 4.93. The van der Waals surface area contributed by atoms with Gasteiger partial charge in [0.15, 0.2) is 5.11 Å². The van der Waals surface area contributed by atoms with Gasteiger partial charge in [-0.2, -0.15) is 0 Å². The normalized spacial score (nSPS) is 6.88. The van der Waals surface area contributed by atoms with Crippen LogP contribution in [0.25, 0.3) is 0 Å². The first-order valence-electron chi connectivity index (χ1n) is 1.86. The molecule has 50 valence electrons. The first-order valence-corrected chi connectivity index (χ1v) is 2.27. The van der Waals surface area contributed by atoms with E-state index in [4.69, 9.17) is 5.84 Å². The predicted octanol–water partition coefficient (Wildman–Crippen LogP) is -1.53. The molecule has 0 rings (SSSR count). The molecule has 0 spiro atoms. The summed E-state index contributed by atoms with van der Waals surface area (Å²) in [6, 6.07) is 0. The van der Waals surface area contributed by atoms with E-state index in [1.807, 2.05) is 14.1 Å². The topological polar surface area (TPSA) is 72.8 Å². The highest BCUT2D eigenvalue weighted by Gasteiger charge is 1.88. The second kappa shape index (κ2) is 4.76. The molecule has 4 nitrogen and oxygen atoms in total. The smallest absolute Gasteiger partial charge is 0.182 e. The summed E-state index contributed by atoms with van der Waals surface area (Å²) in [5.41, 5.74) is 2.32. The van der Waals surface area contributed by atoms with Gasteiger partial charge in [0, 0.05) is 14.1 Å². The van der Waals surface area contributed by atoms with E-state index in [1.165, 1.54) is 0 Å². The van der Waals surface area contributed by atoms with Crippen LogP contribution in [-0.4, -0.2) is 29.6 Å². The highest BCUT2D eigenvalue weighted by molar-refractivity contribution is 7.80. The van der Waals surface area contributed by atoms with Crippen LogP contribution in [0.3, 0.4) is 0 Å². The van der Waals surface area contributed by atoms with Crippen molar-refractivity contribution < 1.29 is 5.48 Å². The molecular formula is C3H11N3OS. The van der Waals surface area contributed by atoms with Crippen LogP contribution in [-0.2, 0) is 0 Å². The molecule has 0 saturated carbocycles. The van der Waals surface area contributed by atoms with Crippen LogP contribution in [0.1, 0.15) is 0 Å². The summed E-state index contributed by atoms with van der Waals surface area (Å²) in [7, 11) is 3.64. The fraction of sp³-hybridized carbons (Fsp3) is 0.667. The summed E-state index contributed by atoms with van der Waals surface area (Å²) >= 11 is 4.67. The van der Waals surface area contributed by atoms with Gasteiger partial charge in [0.05, 0.1) is 0 Å². The summed E-state index contributed by atoms with van der Waals surface area (Å²) in [6.07, 6.45) is 0. The largest absolute Gasteiger partial charge is 0.412 e. The standard InChI is InChI=1S/C3H9N3S.H2O/c1-6(2)3(7)5-4;/h4H2,1-2H3,(H,5,7);1H2. The number of thiocarbonyl (C=S) groups is 1. The van der Waals surface area contributed by atoms with Gasteiger partial charge in [-0.05, 0) is 12.2 Å². The first-order chi connectivity index (χ1) is 3.18. The summed E-state index contributed by atoms with van der Waals surface area (Å²) in [4.78, 5) is 1.72. The van der Waals surface area contributed by atoms with E-state index in [0.717, 1.165) is 0 Å². The minimum Gasteiger partial charge on any atom is -0.412 e. The molecule has 0 aromatic rings. The van der Waals surface area contributed by atoms with Crippen molar-refractivity contribution in [3.05, 3.63) is 0 Å². The van der Waals surface area contributed by atoms with Gasteiger partial charge in [0.25, 0.3) is 0 Å². The quantitative estimate of drug-likeness (QED) is 0.241. The zero-order chi connectivity index (χ0) is 5.86. The van der Waals surface area contributed by atoms with Crippen molar-refractivity contribution >= 4 is 17.3 Å². The molecule has 0 fully saturated rings. The average molecular weight is 137 g/mol. The second-order valence-electron chi connectivity index (χ2n) is 1.34. The summed E-state index contributed by atoms with van der Waals surface area (Å²) < 4.78 is 0. The third-order valence-corrected chi connectivity index (χ3v) is 1.01. The van der Waals surface area contributed by atoms with Gasteiger partial charge in [-0.3, -0.25) is 0 Å². The molecule has 0 amide bonds. The van der Waals surface area contributed by atoms with Crippen LogP contribution in [0.4, 0.5) is 0 Å². The highest BCUT2D eigenvalue weighted by atomic mass is 32.1. The Morgan fingerprint density at radius 2 is 2.00 bits per heavy atom. The third kappa shape index (κ3) is 3.79. The molecule has 0 saturated heterocycles. The fourth-order valence-corrected chi connectivity index (χ4v) is 0.129. The van der Waals surface area contributed by atoms with Crippen molar-refractivity contribution in [3.63, 3.8) is 0 Å². The molecular weight excluding hydrogens is 126 g/mol. The Morgan fingerprint density at radius 1 is 1.62 bits per heavy atom. The molecule has 5 N–H and O–H groups in total. The van der Waals surface area contributed by atoms with Crippen LogP contribution in [0.5, 0.6) is 0 Å². The van der Waals surface area contributed by atoms with Crippen LogP contribution < -0.4 is 11.3 Å². The molecule has 5 heteroatoms. The van der Waals surface area contributed by atoms with Crippen LogP contribution in [0.2, 0.25) is 0 Å². The maximum atomic E-state index is 4.94. The minimum atomic E-state index is 0. The zero-order valence-corrected chi connectivity index (χ0v) is 5.75. The predicted molar refractivity (Wildman–Crippen MR) is 37.2 cm³/mol. The molecule has 0 bridgehead atoms. The van der Waals surface area contributed by atoms with Gasteiger partial charge in [0.2, 0.25) is 0 Å². The Balaban J connectivity index is 0. The molecule has 0 atom stereocenters. The van der Waals surface area contributed by atoms with Crippen molar-refractivity contribution in [2.75, 3.05) is 14.1 Å². The van der Waals surface area contributed by atoms with E-state index >= 15 is 0 Å². The van der Waals surface area contributed by atoms with Crippen LogP contribution in [0.15, 0.2) is 0 Å². The number of nitrogens with zero attached hydrogens (tertiary/aromatic N) is 1. The van der Waals surface area contributed by atoms with Gasteiger partial charge in [-0.25, -0.2) is 5.84 Å². The maximum Gasteiger partial charge on any atom is 0.182 e. The molecule has 0 aromatic heterocycles. The molecule has 0 aromatic carbocycles. The maximum absolute atomic E-state index is 4.94. The number of nitrogens with two attached hydrogens (primary N) is 1. The summed E-state index contributed by atoms with van der Waals surface area (Å²) in [5, 5.41) is 0.542. The Kier molecular flexibility index (Phi) is 6.29. The van der Waals surface area contributed by atoms with E-state index in [0.29, 0.717) is 5.11 Å². The Hall–Kier alpha value is -0.390. The number of hydrazine groups is 1. The van der Waals surface area contributed by atoms with Crippen LogP contribution in [0, 0.1) is 0 Å². The SMILES string of the molecule is CN(C)C(=S)NN.O. The lowest BCUT2D eigenvalue weighted by molar-refractivity contribution is 0.605.